The van der Waals surface area contributed by atoms with Gasteiger partial charge in [0.25, 0.3) is 0 Å². The second-order valence-corrected chi connectivity index (χ2v) is 7.07. The van der Waals surface area contributed by atoms with Gasteiger partial charge in [0.05, 0.1) is 0 Å². The monoisotopic (exact) mass is 166 g/mol. The fourth-order valence-corrected chi connectivity index (χ4v) is 4.65. The Labute approximate surface area is 60.1 Å². The standard InChI is InChI=1S/C4H14O3Si2/c1-5-9(4-8,6-2)7-3/h4H2,1-3,8H3. The Morgan fingerprint density at radius 1 is 1.11 bits per heavy atom. The van der Waals surface area contributed by atoms with Crippen molar-refractivity contribution in [2.24, 2.45) is 0 Å². The minimum atomic E-state index is -2.13. The molecule has 9 heavy (non-hydrogen) atoms. The van der Waals surface area contributed by atoms with Gasteiger partial charge < -0.3 is 13.3 Å². The van der Waals surface area contributed by atoms with Crippen LogP contribution in [0.1, 0.15) is 0 Å². The Hall–Kier alpha value is 0.314. The number of rotatable bonds is 4. The summed E-state index contributed by atoms with van der Waals surface area (Å²) in [7, 11) is 3.84. The molecule has 0 atom stereocenters. The lowest BCUT2D eigenvalue weighted by molar-refractivity contribution is 0.129. The second-order valence-electron chi connectivity index (χ2n) is 1.65. The van der Waals surface area contributed by atoms with E-state index >= 15 is 0 Å². The van der Waals surface area contributed by atoms with E-state index in [1.165, 1.54) is 0 Å². The first-order valence-corrected chi connectivity index (χ1v) is 6.24. The quantitative estimate of drug-likeness (QED) is 0.511. The van der Waals surface area contributed by atoms with Crippen molar-refractivity contribution < 1.29 is 13.3 Å². The molecule has 0 aliphatic heterocycles. The maximum atomic E-state index is 5.11. The summed E-state index contributed by atoms with van der Waals surface area (Å²) in [6.45, 7) is 0. The van der Waals surface area contributed by atoms with Crippen molar-refractivity contribution in [1.29, 1.82) is 0 Å². The van der Waals surface area contributed by atoms with Gasteiger partial charge in [-0.1, -0.05) is 0 Å². The highest BCUT2D eigenvalue weighted by molar-refractivity contribution is 6.67. The van der Waals surface area contributed by atoms with Crippen molar-refractivity contribution in [3.63, 3.8) is 0 Å². The first-order chi connectivity index (χ1) is 4.24. The zero-order valence-corrected chi connectivity index (χ0v) is 9.43. The molecule has 3 nitrogen and oxygen atoms in total. The molecule has 0 saturated heterocycles. The average Bonchev–Trinajstić information content (AvgIpc) is 1.95. The van der Waals surface area contributed by atoms with Crippen LogP contribution in [0.3, 0.4) is 0 Å². The molecule has 0 unspecified atom stereocenters. The SMILES string of the molecule is CO[Si](C[SiH3])(OC)OC. The largest absolute Gasteiger partial charge is 0.496 e. The van der Waals surface area contributed by atoms with Crippen LogP contribution in [0.2, 0.25) is 5.67 Å². The van der Waals surface area contributed by atoms with E-state index in [0.29, 0.717) is 0 Å². The summed E-state index contributed by atoms with van der Waals surface area (Å²) in [6.07, 6.45) is 0. The molecule has 0 saturated carbocycles. The summed E-state index contributed by atoms with van der Waals surface area (Å²) in [5.74, 6) is 0. The van der Waals surface area contributed by atoms with Crippen molar-refractivity contribution in [1.82, 2.24) is 0 Å². The van der Waals surface area contributed by atoms with Gasteiger partial charge in [0.15, 0.2) is 0 Å². The molecule has 0 heterocycles. The van der Waals surface area contributed by atoms with Crippen molar-refractivity contribution >= 4 is 19.0 Å². The normalized spacial score (nSPS) is 12.3. The Bertz CT molecular complexity index is 56.7. The predicted octanol–water partition coefficient (Wildman–Crippen LogP) is -0.813. The van der Waals surface area contributed by atoms with Crippen LogP contribution in [-0.4, -0.2) is 40.4 Å². The van der Waals surface area contributed by atoms with Crippen molar-refractivity contribution in [3.8, 4) is 0 Å². The summed E-state index contributed by atoms with van der Waals surface area (Å²) in [6, 6.07) is 0. The van der Waals surface area contributed by atoms with Crippen LogP contribution in [0.5, 0.6) is 0 Å². The van der Waals surface area contributed by atoms with Crippen LogP contribution in [-0.2, 0) is 13.3 Å². The van der Waals surface area contributed by atoms with E-state index in [1.54, 1.807) is 21.3 Å². The van der Waals surface area contributed by atoms with Gasteiger partial charge in [-0.3, -0.25) is 0 Å². The Morgan fingerprint density at radius 3 is 1.44 bits per heavy atom. The molecule has 0 bridgehead atoms. The molecule has 56 valence electrons. The topological polar surface area (TPSA) is 27.7 Å². The third-order valence-corrected chi connectivity index (χ3v) is 6.70. The summed E-state index contributed by atoms with van der Waals surface area (Å²) < 4.78 is 15.3. The molecule has 0 fully saturated rings. The molecule has 0 aromatic carbocycles. The first-order valence-electron chi connectivity index (χ1n) is 2.90. The average molecular weight is 166 g/mol. The molecule has 0 radical (unpaired) electrons. The highest BCUT2D eigenvalue weighted by Crippen LogP contribution is 2.08. The fraction of sp³-hybridized carbons (Fsp3) is 1.00. The highest BCUT2D eigenvalue weighted by Gasteiger charge is 2.34. The lowest BCUT2D eigenvalue weighted by Crippen LogP contribution is -2.42. The molecular formula is C4H14O3Si2. The smallest absolute Gasteiger partial charge is 0.377 e. The molecule has 0 spiro atoms. The Kier molecular flexibility index (Phi) is 4.33. The summed E-state index contributed by atoms with van der Waals surface area (Å²) in [4.78, 5) is 0. The van der Waals surface area contributed by atoms with Gasteiger partial charge >= 0.3 is 8.80 Å². The molecule has 0 amide bonds. The molecule has 0 rings (SSSR count). The van der Waals surface area contributed by atoms with Crippen LogP contribution < -0.4 is 0 Å². The van der Waals surface area contributed by atoms with E-state index < -0.39 is 8.80 Å². The van der Waals surface area contributed by atoms with Gasteiger partial charge in [0.1, 0.15) is 0 Å². The zero-order valence-electron chi connectivity index (χ0n) is 6.43. The van der Waals surface area contributed by atoms with E-state index in [9.17, 15) is 0 Å². The zero-order chi connectivity index (χ0) is 7.33. The molecular weight excluding hydrogens is 152 g/mol. The van der Waals surface area contributed by atoms with Gasteiger partial charge in [0, 0.05) is 37.2 Å². The summed E-state index contributed by atoms with van der Waals surface area (Å²) in [5, 5.41) is 0. The summed E-state index contributed by atoms with van der Waals surface area (Å²) in [5.41, 5.74) is 0.955. The lowest BCUT2D eigenvalue weighted by Gasteiger charge is -2.22. The van der Waals surface area contributed by atoms with E-state index in [-0.39, 0.29) is 0 Å². The minimum Gasteiger partial charge on any atom is -0.377 e. The molecule has 0 aromatic heterocycles. The van der Waals surface area contributed by atoms with Crippen LogP contribution in [0.25, 0.3) is 0 Å². The van der Waals surface area contributed by atoms with Gasteiger partial charge in [-0.25, -0.2) is 0 Å². The first kappa shape index (κ1) is 9.31. The Balaban J connectivity index is 3.82. The van der Waals surface area contributed by atoms with E-state index in [2.05, 4.69) is 0 Å². The minimum absolute atomic E-state index is 0.955. The maximum Gasteiger partial charge on any atom is 0.496 e. The maximum absolute atomic E-state index is 5.11. The van der Waals surface area contributed by atoms with E-state index in [1.807, 2.05) is 0 Å². The predicted molar refractivity (Wildman–Crippen MR) is 41.5 cm³/mol. The number of hydrogen-bond donors (Lipinski definition) is 0. The molecule has 0 N–H and O–H groups in total. The summed E-state index contributed by atoms with van der Waals surface area (Å²) >= 11 is 0. The van der Waals surface area contributed by atoms with Gasteiger partial charge in [0.2, 0.25) is 0 Å². The third-order valence-electron chi connectivity index (χ3n) is 1.37. The van der Waals surface area contributed by atoms with Gasteiger partial charge in [-0.15, -0.1) is 0 Å². The highest BCUT2D eigenvalue weighted by atomic mass is 28.4. The van der Waals surface area contributed by atoms with Crippen molar-refractivity contribution in [2.45, 2.75) is 5.67 Å². The number of hydrogen-bond acceptors (Lipinski definition) is 3. The third kappa shape index (κ3) is 2.19. The van der Waals surface area contributed by atoms with Crippen LogP contribution >= 0.6 is 0 Å². The molecule has 5 heteroatoms. The lowest BCUT2D eigenvalue weighted by atomic mass is 11.8. The van der Waals surface area contributed by atoms with E-state index in [4.69, 9.17) is 13.3 Å². The molecule has 0 aromatic rings. The van der Waals surface area contributed by atoms with Gasteiger partial charge in [-0.05, 0) is 0 Å². The van der Waals surface area contributed by atoms with Crippen molar-refractivity contribution in [2.75, 3.05) is 21.3 Å². The van der Waals surface area contributed by atoms with E-state index in [0.717, 1.165) is 15.9 Å². The Morgan fingerprint density at radius 2 is 1.44 bits per heavy atom. The second kappa shape index (κ2) is 4.18. The molecule has 0 aliphatic rings. The van der Waals surface area contributed by atoms with Crippen LogP contribution in [0.15, 0.2) is 0 Å². The van der Waals surface area contributed by atoms with Crippen LogP contribution in [0, 0.1) is 0 Å². The van der Waals surface area contributed by atoms with Gasteiger partial charge in [-0.2, -0.15) is 0 Å². The van der Waals surface area contributed by atoms with Crippen LogP contribution in [0.4, 0.5) is 0 Å². The van der Waals surface area contributed by atoms with Crippen molar-refractivity contribution in [3.05, 3.63) is 0 Å². The molecule has 0 aliphatic carbocycles. The fourth-order valence-electron chi connectivity index (χ4n) is 0.683.